The maximum Gasteiger partial charge on any atom is 0.416 e. The molecule has 0 unspecified atom stereocenters. The molecule has 7 aromatic carbocycles. The average molecular weight is 1170 g/mol. The first-order valence-corrected chi connectivity index (χ1v) is 22.9. The van der Waals surface area contributed by atoms with Crippen LogP contribution in [0.2, 0.25) is 0 Å². The zero-order valence-corrected chi connectivity index (χ0v) is 40.8. The second-order valence-electron chi connectivity index (χ2n) is 16.6. The fraction of sp³-hybridized carbons (Fsp3) is 0.118. The van der Waals surface area contributed by atoms with Gasteiger partial charge in [-0.3, -0.25) is 0 Å². The van der Waals surface area contributed by atoms with Crippen molar-refractivity contribution in [3.05, 3.63) is 179 Å². The molecule has 6 N–H and O–H groups in total. The van der Waals surface area contributed by atoms with E-state index in [1.807, 2.05) is 0 Å². The molecule has 0 atom stereocenters. The van der Waals surface area contributed by atoms with E-state index in [-0.39, 0.29) is 68.6 Å². The molecule has 0 bridgehead atoms. The summed E-state index contributed by atoms with van der Waals surface area (Å²) in [6.07, 6.45) is -31.2. The molecule has 0 saturated heterocycles. The number of benzene rings is 7. The number of hydrogen-bond acceptors (Lipinski definition) is 3. The van der Waals surface area contributed by atoms with E-state index in [2.05, 4.69) is 31.9 Å². The van der Waals surface area contributed by atoms with Gasteiger partial charge in [0.25, 0.3) is 0 Å². The lowest BCUT2D eigenvalue weighted by atomic mass is 9.91. The Morgan fingerprint density at radius 1 is 0.256 bits per heavy atom. The average Bonchev–Trinajstić information content (AvgIpc) is 3.34. The minimum atomic E-state index is -5.19. The van der Waals surface area contributed by atoms with Gasteiger partial charge in [0.2, 0.25) is 0 Å². The van der Waals surface area contributed by atoms with Crippen LogP contribution < -0.4 is 31.9 Å². The van der Waals surface area contributed by atoms with E-state index in [0.717, 1.165) is 0 Å². The Labute approximate surface area is 444 Å². The van der Waals surface area contributed by atoms with Gasteiger partial charge >= 0.3 is 37.1 Å². The molecule has 0 aliphatic heterocycles. The lowest BCUT2D eigenvalue weighted by Crippen LogP contribution is -2.21. The smallest absolute Gasteiger partial charge is 0.332 e. The lowest BCUT2D eigenvalue weighted by Gasteiger charge is -2.20. The summed E-state index contributed by atoms with van der Waals surface area (Å²) >= 11 is 16.1. The van der Waals surface area contributed by atoms with Crippen molar-refractivity contribution >= 4 is 86.1 Å². The lowest BCUT2D eigenvalue weighted by molar-refractivity contribution is -0.144. The zero-order chi connectivity index (χ0) is 57.3. The number of halogens is 18. The Kier molecular flexibility index (Phi) is 16.4. The van der Waals surface area contributed by atoms with Crippen molar-refractivity contribution in [2.24, 2.45) is 0 Å². The molecule has 6 nitrogen and oxygen atoms in total. The third kappa shape index (κ3) is 14.7. The molecule has 0 saturated carbocycles. The van der Waals surface area contributed by atoms with Gasteiger partial charge < -0.3 is 31.9 Å². The highest BCUT2D eigenvalue weighted by molar-refractivity contribution is 7.81. The van der Waals surface area contributed by atoms with Crippen LogP contribution in [0.4, 0.5) is 113 Å². The molecular weight excluding hydrogens is 1130 g/mol. The van der Waals surface area contributed by atoms with Crippen molar-refractivity contribution in [3.63, 3.8) is 0 Å². The van der Waals surface area contributed by atoms with Gasteiger partial charge in [-0.05, 0) is 144 Å². The topological polar surface area (TPSA) is 72.2 Å². The quantitative estimate of drug-likeness (QED) is 0.0627. The van der Waals surface area contributed by atoms with Crippen LogP contribution in [-0.4, -0.2) is 15.3 Å². The fourth-order valence-corrected chi connectivity index (χ4v) is 8.24. The van der Waals surface area contributed by atoms with Gasteiger partial charge in [0.05, 0.1) is 33.4 Å². The molecule has 0 spiro atoms. The second kappa shape index (κ2) is 22.0. The SMILES string of the molecule is FC(F)(F)c1cc(NC(=S)Nc2ccccc2-c2cc(-c3ccccc3NC(=S)Nc3cc(C(F)(F)F)cc(C(F)(F)F)c3)cc(-c3ccccc3NC(=S)Nc3cc(C(F)(F)F)cc(C(F)(F)F)c3)c2)cc(C(F)(F)F)c1. The van der Waals surface area contributed by atoms with E-state index in [1.165, 1.54) is 54.6 Å². The molecule has 0 aliphatic carbocycles. The number of rotatable bonds is 9. The highest BCUT2D eigenvalue weighted by Crippen LogP contribution is 2.43. The number of nitrogens with one attached hydrogen (secondary N) is 6. The van der Waals surface area contributed by atoms with Crippen LogP contribution >= 0.6 is 36.7 Å². The first-order chi connectivity index (χ1) is 36.1. The molecule has 408 valence electrons. The van der Waals surface area contributed by atoms with Crippen molar-refractivity contribution < 1.29 is 79.0 Å². The van der Waals surface area contributed by atoms with Crippen molar-refractivity contribution in [2.45, 2.75) is 37.1 Å². The Hall–Kier alpha value is -7.65. The van der Waals surface area contributed by atoms with Crippen molar-refractivity contribution in [2.75, 3.05) is 31.9 Å². The van der Waals surface area contributed by atoms with Crippen LogP contribution in [0.1, 0.15) is 33.4 Å². The van der Waals surface area contributed by atoms with Crippen molar-refractivity contribution in [1.82, 2.24) is 0 Å². The van der Waals surface area contributed by atoms with Crippen LogP contribution in [0.15, 0.2) is 146 Å². The van der Waals surface area contributed by atoms with E-state index >= 15 is 0 Å². The van der Waals surface area contributed by atoms with Crippen LogP contribution in [0.25, 0.3) is 33.4 Å². The summed E-state index contributed by atoms with van der Waals surface area (Å²) < 4.78 is 247. The predicted octanol–water partition coefficient (Wildman–Crippen LogP) is 18.2. The van der Waals surface area contributed by atoms with E-state index < -0.39 is 103 Å². The van der Waals surface area contributed by atoms with Crippen LogP contribution in [0, 0.1) is 0 Å². The molecule has 0 aromatic heterocycles. The summed E-state index contributed by atoms with van der Waals surface area (Å²) in [5.41, 5.74) is -10.00. The van der Waals surface area contributed by atoms with Gasteiger partial charge in [0, 0.05) is 50.8 Å². The van der Waals surface area contributed by atoms with Crippen LogP contribution in [-0.2, 0) is 37.1 Å². The molecule has 78 heavy (non-hydrogen) atoms. The van der Waals surface area contributed by atoms with Gasteiger partial charge in [-0.15, -0.1) is 0 Å². The highest BCUT2D eigenvalue weighted by Gasteiger charge is 2.40. The van der Waals surface area contributed by atoms with Gasteiger partial charge in [-0.1, -0.05) is 54.6 Å². The van der Waals surface area contributed by atoms with Gasteiger partial charge in [0.1, 0.15) is 0 Å². The van der Waals surface area contributed by atoms with E-state index in [0.29, 0.717) is 36.4 Å². The molecule has 0 amide bonds. The first-order valence-electron chi connectivity index (χ1n) is 21.7. The van der Waals surface area contributed by atoms with Crippen molar-refractivity contribution in [3.8, 4) is 33.4 Å². The largest absolute Gasteiger partial charge is 0.416 e. The normalized spacial score (nSPS) is 12.4. The Bertz CT molecular complexity index is 2960. The number of alkyl halides is 18. The van der Waals surface area contributed by atoms with E-state index in [1.54, 1.807) is 36.4 Å². The molecule has 0 aliphatic rings. The summed E-state index contributed by atoms with van der Waals surface area (Å²) in [5.74, 6) is 0. The number of anilines is 6. The fourth-order valence-electron chi connectivity index (χ4n) is 7.56. The van der Waals surface area contributed by atoms with Crippen LogP contribution in [0.5, 0.6) is 0 Å². The summed E-state index contributed by atoms with van der Waals surface area (Å²) in [5, 5.41) is 13.9. The van der Waals surface area contributed by atoms with Crippen LogP contribution in [0.3, 0.4) is 0 Å². The standard InChI is InChI=1S/C51H30F18N6S3/c52-46(53,54)28-16-29(47(55,56)57)20-34(19-28)70-43(76)73-40-10-4-1-7-37(40)25-13-26(38-8-2-5-11-41(38)74-44(77)71-35-21-30(48(58,59)60)17-31(22-35)49(61,62)63)15-27(14-25)39-9-3-6-12-42(39)75-45(78)72-36-23-32(50(64,65)66)18-33(24-36)51(67,68)69/h1-24H,(H2,70,73,76)(H2,71,74,77)(H2,72,75,78). The third-order valence-electron chi connectivity index (χ3n) is 10.9. The summed E-state index contributed by atoms with van der Waals surface area (Å²) in [6.45, 7) is 0. The Morgan fingerprint density at radius 2 is 0.449 bits per heavy atom. The van der Waals surface area contributed by atoms with Gasteiger partial charge in [0.15, 0.2) is 15.3 Å². The third-order valence-corrected chi connectivity index (χ3v) is 11.5. The molecule has 0 fully saturated rings. The second-order valence-corrected chi connectivity index (χ2v) is 17.8. The van der Waals surface area contributed by atoms with E-state index in [9.17, 15) is 79.0 Å². The molecule has 0 radical (unpaired) electrons. The van der Waals surface area contributed by atoms with E-state index in [4.69, 9.17) is 36.7 Å². The summed E-state index contributed by atoms with van der Waals surface area (Å²) in [6, 6.07) is 24.9. The maximum absolute atomic E-state index is 13.7. The Morgan fingerprint density at radius 3 is 0.641 bits per heavy atom. The number of para-hydroxylation sites is 3. The minimum absolute atomic E-state index is 0.0796. The summed E-state index contributed by atoms with van der Waals surface area (Å²) in [4.78, 5) is 0. The zero-order valence-electron chi connectivity index (χ0n) is 38.4. The monoisotopic (exact) mass is 1160 g/mol. The highest BCUT2D eigenvalue weighted by atomic mass is 32.1. The molecule has 0 heterocycles. The predicted molar refractivity (Wildman–Crippen MR) is 272 cm³/mol. The Balaban J connectivity index is 1.30. The maximum atomic E-state index is 13.7. The number of thiocarbonyl (C=S) groups is 3. The minimum Gasteiger partial charge on any atom is -0.332 e. The molecule has 7 aromatic rings. The molecule has 27 heteroatoms. The number of hydrogen-bond donors (Lipinski definition) is 6. The van der Waals surface area contributed by atoms with Crippen molar-refractivity contribution in [1.29, 1.82) is 0 Å². The molecular formula is C51H30F18N6S3. The summed E-state index contributed by atoms with van der Waals surface area (Å²) in [7, 11) is 0. The first kappa shape index (κ1) is 58.0. The van der Waals surface area contributed by atoms with Gasteiger partial charge in [-0.2, -0.15) is 79.0 Å². The molecule has 7 rings (SSSR count). The van der Waals surface area contributed by atoms with Gasteiger partial charge in [-0.25, -0.2) is 0 Å².